The average Bonchev–Trinajstić information content (AvgIpc) is 2.95. The first-order valence-electron chi connectivity index (χ1n) is 8.59. The predicted octanol–water partition coefficient (Wildman–Crippen LogP) is 5.35. The third-order valence-corrected chi connectivity index (χ3v) is 4.43. The second-order valence-corrected chi connectivity index (χ2v) is 5.80. The molecule has 2 aromatic carbocycles. The molecule has 0 saturated heterocycles. The molecular formula is C21H27NO. The zero-order valence-electron chi connectivity index (χ0n) is 14.6. The summed E-state index contributed by atoms with van der Waals surface area (Å²) in [6, 6.07) is 18.6. The summed E-state index contributed by atoms with van der Waals surface area (Å²) in [6.07, 6.45) is 1.94. The van der Waals surface area contributed by atoms with Crippen molar-refractivity contribution in [3.8, 4) is 5.75 Å². The molecule has 0 radical (unpaired) electrons. The molecular weight excluding hydrogens is 282 g/mol. The van der Waals surface area contributed by atoms with Crippen molar-refractivity contribution in [2.75, 3.05) is 0 Å². The van der Waals surface area contributed by atoms with Gasteiger partial charge in [-0.25, -0.2) is 0 Å². The van der Waals surface area contributed by atoms with Gasteiger partial charge in [0.1, 0.15) is 5.75 Å². The van der Waals surface area contributed by atoms with E-state index in [0.717, 1.165) is 12.8 Å². The van der Waals surface area contributed by atoms with Gasteiger partial charge in [-0.1, -0.05) is 63.2 Å². The molecule has 23 heavy (non-hydrogen) atoms. The quantitative estimate of drug-likeness (QED) is 0.814. The number of nitrogens with zero attached hydrogens (tertiary/aromatic N) is 1. The number of aliphatic imine (C=N–C) groups is 1. The number of benzene rings is 2. The van der Waals surface area contributed by atoms with Gasteiger partial charge >= 0.3 is 0 Å². The van der Waals surface area contributed by atoms with E-state index >= 15 is 0 Å². The molecule has 2 nitrogen and oxygen atoms in total. The molecule has 0 saturated carbocycles. The fraction of sp³-hybridized carbons (Fsp3) is 0.381. The molecule has 1 heterocycles. The molecule has 2 heteroatoms. The van der Waals surface area contributed by atoms with Crippen LogP contribution in [0, 0.1) is 0 Å². The summed E-state index contributed by atoms with van der Waals surface area (Å²) in [5.74, 6) is 0.308. The highest BCUT2D eigenvalue weighted by atomic mass is 16.3. The van der Waals surface area contributed by atoms with Gasteiger partial charge < -0.3 is 5.11 Å². The Morgan fingerprint density at radius 1 is 1.00 bits per heavy atom. The highest BCUT2D eigenvalue weighted by molar-refractivity contribution is 5.99. The van der Waals surface area contributed by atoms with Crippen molar-refractivity contribution in [1.82, 2.24) is 0 Å². The van der Waals surface area contributed by atoms with Gasteiger partial charge in [-0.2, -0.15) is 0 Å². The Bertz CT molecular complexity index is 645. The number of phenolic OH excluding ortho intramolecular Hbond substituents is 1. The summed E-state index contributed by atoms with van der Waals surface area (Å²) in [7, 11) is 0. The second kappa shape index (κ2) is 7.45. The van der Waals surface area contributed by atoms with Crippen LogP contribution in [0.4, 0.5) is 0 Å². The van der Waals surface area contributed by atoms with Crippen LogP contribution in [0.15, 0.2) is 59.6 Å². The highest BCUT2D eigenvalue weighted by Crippen LogP contribution is 2.44. The molecule has 1 aliphatic heterocycles. The fourth-order valence-electron chi connectivity index (χ4n) is 3.58. The molecule has 0 fully saturated rings. The molecule has 122 valence electrons. The third-order valence-electron chi connectivity index (χ3n) is 4.43. The van der Waals surface area contributed by atoms with Crippen molar-refractivity contribution in [3.63, 3.8) is 0 Å². The van der Waals surface area contributed by atoms with Crippen LogP contribution in [0.1, 0.15) is 51.7 Å². The van der Waals surface area contributed by atoms with E-state index in [-0.39, 0.29) is 5.41 Å². The predicted molar refractivity (Wildman–Crippen MR) is 98.5 cm³/mol. The van der Waals surface area contributed by atoms with Crippen LogP contribution in [0.2, 0.25) is 0 Å². The van der Waals surface area contributed by atoms with E-state index < -0.39 is 0 Å². The second-order valence-electron chi connectivity index (χ2n) is 5.80. The van der Waals surface area contributed by atoms with Crippen LogP contribution >= 0.6 is 0 Å². The molecule has 2 unspecified atom stereocenters. The van der Waals surface area contributed by atoms with Crippen LogP contribution in [0.3, 0.4) is 0 Å². The Labute approximate surface area is 139 Å². The standard InChI is InChI=1S/C19H21NO.C2H6/c1-3-18-19(13-14(2)20-18,15-7-5-4-6-8-15)16-9-11-17(21)12-10-16;1-2/h4-12,14,21H,3,13H2,1-2H3;1-2H3. The molecule has 1 aliphatic rings. The van der Waals surface area contributed by atoms with E-state index in [4.69, 9.17) is 4.99 Å². The first-order valence-corrected chi connectivity index (χ1v) is 8.59. The fourth-order valence-corrected chi connectivity index (χ4v) is 3.58. The van der Waals surface area contributed by atoms with Gasteiger partial charge in [-0.3, -0.25) is 4.99 Å². The van der Waals surface area contributed by atoms with Crippen LogP contribution in [-0.2, 0) is 5.41 Å². The number of phenols is 1. The summed E-state index contributed by atoms with van der Waals surface area (Å²) in [6.45, 7) is 8.36. The minimum Gasteiger partial charge on any atom is -0.508 e. The number of aromatic hydroxyl groups is 1. The molecule has 0 spiro atoms. The minimum absolute atomic E-state index is 0.150. The zero-order valence-corrected chi connectivity index (χ0v) is 14.6. The highest BCUT2D eigenvalue weighted by Gasteiger charge is 2.43. The number of hydrogen-bond donors (Lipinski definition) is 1. The van der Waals surface area contributed by atoms with Crippen molar-refractivity contribution in [1.29, 1.82) is 0 Å². The number of hydrogen-bond acceptors (Lipinski definition) is 2. The summed E-state index contributed by atoms with van der Waals surface area (Å²) >= 11 is 0. The zero-order chi connectivity index (χ0) is 16.9. The lowest BCUT2D eigenvalue weighted by molar-refractivity contribution is 0.474. The first-order chi connectivity index (χ1) is 11.2. The summed E-state index contributed by atoms with van der Waals surface area (Å²) < 4.78 is 0. The van der Waals surface area contributed by atoms with E-state index in [9.17, 15) is 5.11 Å². The molecule has 1 N–H and O–H groups in total. The Hall–Kier alpha value is -2.09. The largest absolute Gasteiger partial charge is 0.508 e. The van der Waals surface area contributed by atoms with Crippen molar-refractivity contribution in [2.24, 2.45) is 4.99 Å². The normalized spacial score (nSPS) is 23.0. The topological polar surface area (TPSA) is 32.6 Å². The van der Waals surface area contributed by atoms with Crippen molar-refractivity contribution >= 4 is 5.71 Å². The van der Waals surface area contributed by atoms with E-state index in [2.05, 4.69) is 44.2 Å². The Morgan fingerprint density at radius 3 is 2.13 bits per heavy atom. The Kier molecular flexibility index (Phi) is 5.59. The summed E-state index contributed by atoms with van der Waals surface area (Å²) in [4.78, 5) is 4.89. The van der Waals surface area contributed by atoms with Crippen LogP contribution < -0.4 is 0 Å². The molecule has 0 aliphatic carbocycles. The lowest BCUT2D eigenvalue weighted by Gasteiger charge is -2.32. The van der Waals surface area contributed by atoms with E-state index in [1.807, 2.05) is 26.0 Å². The van der Waals surface area contributed by atoms with Crippen LogP contribution in [0.5, 0.6) is 5.75 Å². The Balaban J connectivity index is 0.000000924. The lowest BCUT2D eigenvalue weighted by Crippen LogP contribution is -2.34. The maximum absolute atomic E-state index is 9.60. The van der Waals surface area contributed by atoms with Gasteiger partial charge in [0.2, 0.25) is 0 Å². The lowest BCUT2D eigenvalue weighted by atomic mass is 9.68. The monoisotopic (exact) mass is 309 g/mol. The maximum Gasteiger partial charge on any atom is 0.115 e. The maximum atomic E-state index is 9.60. The smallest absolute Gasteiger partial charge is 0.115 e. The first kappa shape index (κ1) is 17.3. The van der Waals surface area contributed by atoms with Crippen molar-refractivity contribution in [3.05, 3.63) is 65.7 Å². The molecule has 2 atom stereocenters. The van der Waals surface area contributed by atoms with Crippen LogP contribution in [0.25, 0.3) is 0 Å². The third kappa shape index (κ3) is 3.17. The molecule has 0 amide bonds. The van der Waals surface area contributed by atoms with Gasteiger partial charge in [-0.15, -0.1) is 0 Å². The van der Waals surface area contributed by atoms with Gasteiger partial charge in [0, 0.05) is 11.8 Å². The van der Waals surface area contributed by atoms with Crippen LogP contribution in [-0.4, -0.2) is 16.9 Å². The summed E-state index contributed by atoms with van der Waals surface area (Å²) in [5.41, 5.74) is 3.60. The van der Waals surface area contributed by atoms with Gasteiger partial charge in [-0.05, 0) is 43.0 Å². The SMILES string of the molecule is CC.CCC1=NC(C)CC1(c1ccccc1)c1ccc(O)cc1. The average molecular weight is 309 g/mol. The van der Waals surface area contributed by atoms with E-state index in [0.29, 0.717) is 11.8 Å². The molecule has 3 rings (SSSR count). The molecule has 2 aromatic rings. The Morgan fingerprint density at radius 2 is 1.57 bits per heavy atom. The van der Waals surface area contributed by atoms with E-state index in [1.165, 1.54) is 16.8 Å². The van der Waals surface area contributed by atoms with Crippen molar-refractivity contribution in [2.45, 2.75) is 52.0 Å². The van der Waals surface area contributed by atoms with Crippen molar-refractivity contribution < 1.29 is 5.11 Å². The number of rotatable bonds is 3. The minimum atomic E-state index is -0.150. The van der Waals surface area contributed by atoms with E-state index in [1.54, 1.807) is 12.1 Å². The van der Waals surface area contributed by atoms with Gasteiger partial charge in [0.15, 0.2) is 0 Å². The molecule has 0 aromatic heterocycles. The van der Waals surface area contributed by atoms with Gasteiger partial charge in [0.05, 0.1) is 5.41 Å². The summed E-state index contributed by atoms with van der Waals surface area (Å²) in [5, 5.41) is 9.60. The molecule has 0 bridgehead atoms. The van der Waals surface area contributed by atoms with Gasteiger partial charge in [0.25, 0.3) is 0 Å².